The van der Waals surface area contributed by atoms with E-state index >= 15 is 0 Å². The van der Waals surface area contributed by atoms with Gasteiger partial charge >= 0.3 is 0 Å². The molecule has 2 aromatic carbocycles. The fourth-order valence-corrected chi connectivity index (χ4v) is 2.93. The molecule has 1 heterocycles. The van der Waals surface area contributed by atoms with Gasteiger partial charge in [0.25, 0.3) is 11.8 Å². The number of carbonyl (C=O) groups is 3. The Kier molecular flexibility index (Phi) is 6.12. The summed E-state index contributed by atoms with van der Waals surface area (Å²) in [5, 5.41) is 7.04. The van der Waals surface area contributed by atoms with E-state index in [1.165, 1.54) is 24.3 Å². The van der Waals surface area contributed by atoms with Crippen molar-refractivity contribution in [3.05, 3.63) is 58.6 Å². The molecule has 0 aliphatic carbocycles. The molecule has 3 rings (SSSR count). The van der Waals surface area contributed by atoms with Crippen LogP contribution in [0.4, 0.5) is 11.4 Å². The lowest BCUT2D eigenvalue weighted by molar-refractivity contribution is -0.127. The highest BCUT2D eigenvalue weighted by Crippen LogP contribution is 2.27. The van der Waals surface area contributed by atoms with Crippen LogP contribution in [0.1, 0.15) is 0 Å². The molecule has 4 N–H and O–H groups in total. The lowest BCUT2D eigenvalue weighted by Gasteiger charge is -2.14. The normalized spacial score (nSPS) is 17.5. The molecule has 1 aliphatic rings. The van der Waals surface area contributed by atoms with E-state index in [1.54, 1.807) is 24.3 Å². The SMILES string of the molecule is NC(=S)NN=C1C(=O)N(c2ccc(Cl)cc2)C(=O)C1C(=O)Nc1ccc(Cl)cc1. The van der Waals surface area contributed by atoms with E-state index in [1.807, 2.05) is 0 Å². The Morgan fingerprint density at radius 1 is 1.03 bits per heavy atom. The first-order valence-corrected chi connectivity index (χ1v) is 9.27. The largest absolute Gasteiger partial charge is 0.375 e. The maximum atomic E-state index is 13.0. The molecule has 3 amide bonds. The van der Waals surface area contributed by atoms with E-state index in [0.29, 0.717) is 15.7 Å². The average molecular weight is 450 g/mol. The zero-order chi connectivity index (χ0) is 21.1. The Hall–Kier alpha value is -3.01. The third kappa shape index (κ3) is 4.53. The number of carbonyl (C=O) groups excluding carboxylic acids is 3. The molecule has 29 heavy (non-hydrogen) atoms. The number of nitrogens with one attached hydrogen (secondary N) is 2. The van der Waals surface area contributed by atoms with Gasteiger partial charge < -0.3 is 11.1 Å². The quantitative estimate of drug-likeness (QED) is 0.285. The highest BCUT2D eigenvalue weighted by atomic mass is 35.5. The molecule has 0 aromatic heterocycles. The molecule has 0 bridgehead atoms. The molecule has 0 saturated carbocycles. The molecule has 11 heteroatoms. The van der Waals surface area contributed by atoms with Crippen molar-refractivity contribution in [3.8, 4) is 0 Å². The first-order valence-electron chi connectivity index (χ1n) is 8.11. The molecule has 0 spiro atoms. The van der Waals surface area contributed by atoms with Crippen LogP contribution in [0, 0.1) is 5.92 Å². The fraction of sp³-hybridized carbons (Fsp3) is 0.0556. The molecule has 0 radical (unpaired) electrons. The first-order chi connectivity index (χ1) is 13.8. The zero-order valence-electron chi connectivity index (χ0n) is 14.6. The van der Waals surface area contributed by atoms with Crippen molar-refractivity contribution >= 4 is 75.3 Å². The second-order valence-corrected chi connectivity index (χ2v) is 7.17. The predicted octanol–water partition coefficient (Wildman–Crippen LogP) is 2.31. The van der Waals surface area contributed by atoms with Crippen molar-refractivity contribution < 1.29 is 14.4 Å². The van der Waals surface area contributed by atoms with Gasteiger partial charge in [-0.2, -0.15) is 5.10 Å². The smallest absolute Gasteiger partial charge is 0.282 e. The van der Waals surface area contributed by atoms with E-state index in [2.05, 4.69) is 28.1 Å². The highest BCUT2D eigenvalue weighted by molar-refractivity contribution is 7.80. The van der Waals surface area contributed by atoms with Gasteiger partial charge in [0, 0.05) is 15.7 Å². The van der Waals surface area contributed by atoms with E-state index < -0.39 is 23.6 Å². The van der Waals surface area contributed by atoms with Crippen molar-refractivity contribution in [3.63, 3.8) is 0 Å². The number of amides is 3. The number of hydrazone groups is 1. The minimum Gasteiger partial charge on any atom is -0.375 e. The van der Waals surface area contributed by atoms with Gasteiger partial charge in [0.1, 0.15) is 5.71 Å². The summed E-state index contributed by atoms with van der Waals surface area (Å²) in [6.45, 7) is 0. The third-order valence-corrected chi connectivity index (χ3v) is 4.50. The van der Waals surface area contributed by atoms with Crippen molar-refractivity contribution in [2.24, 2.45) is 16.8 Å². The number of imide groups is 1. The molecular weight excluding hydrogens is 437 g/mol. The van der Waals surface area contributed by atoms with Gasteiger partial charge in [0.2, 0.25) is 5.91 Å². The first kappa shape index (κ1) is 20.7. The Labute approximate surface area is 180 Å². The van der Waals surface area contributed by atoms with Crippen LogP contribution in [0.2, 0.25) is 10.0 Å². The predicted molar refractivity (Wildman–Crippen MR) is 115 cm³/mol. The number of rotatable bonds is 4. The molecule has 1 unspecified atom stereocenters. The molecule has 8 nitrogen and oxygen atoms in total. The van der Waals surface area contributed by atoms with E-state index in [9.17, 15) is 14.4 Å². The number of nitrogens with two attached hydrogens (primary N) is 1. The molecule has 148 valence electrons. The van der Waals surface area contributed by atoms with Crippen molar-refractivity contribution in [2.75, 3.05) is 10.2 Å². The molecular formula is C18H13Cl2N5O3S. The van der Waals surface area contributed by atoms with E-state index in [-0.39, 0.29) is 16.5 Å². The number of nitrogens with zero attached hydrogens (tertiary/aromatic N) is 2. The van der Waals surface area contributed by atoms with Crippen LogP contribution < -0.4 is 21.4 Å². The summed E-state index contributed by atoms with van der Waals surface area (Å²) in [6, 6.07) is 12.3. The fourth-order valence-electron chi connectivity index (χ4n) is 2.63. The molecule has 1 fully saturated rings. The lowest BCUT2D eigenvalue weighted by Crippen LogP contribution is -2.35. The van der Waals surface area contributed by atoms with Crippen LogP contribution in [0.25, 0.3) is 0 Å². The van der Waals surface area contributed by atoms with Crippen LogP contribution >= 0.6 is 35.4 Å². The average Bonchev–Trinajstić information content (AvgIpc) is 2.92. The minimum atomic E-state index is -1.50. The number of anilines is 2. The van der Waals surface area contributed by atoms with Gasteiger partial charge in [-0.3, -0.25) is 19.8 Å². The van der Waals surface area contributed by atoms with Gasteiger partial charge in [0.15, 0.2) is 11.0 Å². The van der Waals surface area contributed by atoms with Crippen molar-refractivity contribution in [1.29, 1.82) is 0 Å². The Morgan fingerprint density at radius 2 is 1.59 bits per heavy atom. The van der Waals surface area contributed by atoms with Gasteiger partial charge in [0.05, 0.1) is 5.69 Å². The standard InChI is InChI=1S/C18H13Cl2N5O3S/c19-9-1-5-11(6-2-9)22-15(26)13-14(23-24-18(21)29)17(28)25(16(13)27)12-7-3-10(20)4-8-12/h1-8,13H,(H,22,26)(H3,21,24,29). The van der Waals surface area contributed by atoms with Crippen LogP contribution in [-0.2, 0) is 14.4 Å². The highest BCUT2D eigenvalue weighted by Gasteiger charge is 2.50. The van der Waals surface area contributed by atoms with Crippen LogP contribution in [-0.4, -0.2) is 28.5 Å². The summed E-state index contributed by atoms with van der Waals surface area (Å²) < 4.78 is 0. The Balaban J connectivity index is 1.95. The van der Waals surface area contributed by atoms with E-state index in [4.69, 9.17) is 28.9 Å². The molecule has 1 aliphatic heterocycles. The van der Waals surface area contributed by atoms with E-state index in [0.717, 1.165) is 4.90 Å². The maximum absolute atomic E-state index is 13.0. The van der Waals surface area contributed by atoms with Gasteiger partial charge in [-0.05, 0) is 60.7 Å². The van der Waals surface area contributed by atoms with Crippen molar-refractivity contribution in [2.45, 2.75) is 0 Å². The van der Waals surface area contributed by atoms with Gasteiger partial charge in [-0.15, -0.1) is 0 Å². The molecule has 2 aromatic rings. The number of halogens is 2. The lowest BCUT2D eigenvalue weighted by atomic mass is 10.0. The van der Waals surface area contributed by atoms with Crippen LogP contribution in [0.5, 0.6) is 0 Å². The summed E-state index contributed by atoms with van der Waals surface area (Å²) >= 11 is 16.4. The maximum Gasteiger partial charge on any atom is 0.282 e. The number of hydrogen-bond acceptors (Lipinski definition) is 5. The van der Waals surface area contributed by atoms with Crippen LogP contribution in [0.15, 0.2) is 53.6 Å². The molecule has 1 atom stereocenters. The number of hydrogen-bond donors (Lipinski definition) is 3. The summed E-state index contributed by atoms with van der Waals surface area (Å²) in [7, 11) is 0. The summed E-state index contributed by atoms with van der Waals surface area (Å²) in [5.41, 5.74) is 7.90. The number of benzene rings is 2. The monoisotopic (exact) mass is 449 g/mol. The summed E-state index contributed by atoms with van der Waals surface area (Å²) in [5.74, 6) is -3.80. The van der Waals surface area contributed by atoms with Crippen LogP contribution in [0.3, 0.4) is 0 Å². The van der Waals surface area contributed by atoms with Crippen molar-refractivity contribution in [1.82, 2.24) is 5.43 Å². The Morgan fingerprint density at radius 3 is 2.14 bits per heavy atom. The van der Waals surface area contributed by atoms with Gasteiger partial charge in [-0.25, -0.2) is 4.90 Å². The minimum absolute atomic E-state index is 0.223. The second kappa shape index (κ2) is 8.56. The van der Waals surface area contributed by atoms with Gasteiger partial charge in [-0.1, -0.05) is 23.2 Å². The second-order valence-electron chi connectivity index (χ2n) is 5.86. The summed E-state index contributed by atoms with van der Waals surface area (Å²) in [6.07, 6.45) is 0. The zero-order valence-corrected chi connectivity index (χ0v) is 16.9. The summed E-state index contributed by atoms with van der Waals surface area (Å²) in [4.78, 5) is 39.5. The Bertz CT molecular complexity index is 1020. The third-order valence-electron chi connectivity index (χ3n) is 3.91. The number of thiocarbonyl (C=S) groups is 1. The molecule has 1 saturated heterocycles. The topological polar surface area (TPSA) is 117 Å².